The molecule has 1 aromatic rings. The lowest BCUT2D eigenvalue weighted by Gasteiger charge is -2.08. The predicted molar refractivity (Wildman–Crippen MR) is 76.3 cm³/mol. The summed E-state index contributed by atoms with van der Waals surface area (Å²) in [6.45, 7) is 6.10. The second-order valence-electron chi connectivity index (χ2n) is 6.09. The lowest BCUT2D eigenvalue weighted by molar-refractivity contribution is 0.357. The fraction of sp³-hybridized carbons (Fsp3) is 0.533. The first-order valence-electron chi connectivity index (χ1n) is 6.82. The van der Waals surface area contributed by atoms with Crippen LogP contribution in [0.3, 0.4) is 0 Å². The fourth-order valence-electron chi connectivity index (χ4n) is 3.45. The van der Waals surface area contributed by atoms with Crippen LogP contribution in [-0.2, 0) is 6.42 Å². The maximum atomic E-state index is 5.65. The Balaban J connectivity index is 1.88. The molecule has 4 N–H and O–H groups in total. The third-order valence-corrected chi connectivity index (χ3v) is 4.63. The molecular weight excluding hydrogens is 238 g/mol. The van der Waals surface area contributed by atoms with Crippen LogP contribution in [0.25, 0.3) is 0 Å². The Morgan fingerprint density at radius 2 is 2.21 bits per heavy atom. The van der Waals surface area contributed by atoms with Crippen molar-refractivity contribution >= 4 is 5.96 Å². The van der Waals surface area contributed by atoms with Crippen LogP contribution in [0.15, 0.2) is 23.2 Å². The van der Waals surface area contributed by atoms with E-state index in [9.17, 15) is 0 Å². The molecule has 0 amide bonds. The zero-order valence-electron chi connectivity index (χ0n) is 11.5. The topological polar surface area (TPSA) is 73.6 Å². The van der Waals surface area contributed by atoms with Gasteiger partial charge >= 0.3 is 0 Å². The minimum absolute atomic E-state index is 0.183. The minimum atomic E-state index is 0.183. The molecule has 0 radical (unpaired) electrons. The number of nitrogens with zero attached hydrogens (tertiary/aromatic N) is 1. The van der Waals surface area contributed by atoms with Gasteiger partial charge in [0.25, 0.3) is 0 Å². The second kappa shape index (κ2) is 4.15. The van der Waals surface area contributed by atoms with Gasteiger partial charge in [0.2, 0.25) is 0 Å². The summed E-state index contributed by atoms with van der Waals surface area (Å²) in [6.07, 6.45) is 1.02. The Hall–Kier alpha value is -1.71. The monoisotopic (exact) mass is 259 g/mol. The summed E-state index contributed by atoms with van der Waals surface area (Å²) in [5.74, 6) is 2.29. The maximum Gasteiger partial charge on any atom is 0.185 e. The lowest BCUT2D eigenvalue weighted by Crippen LogP contribution is -2.23. The van der Waals surface area contributed by atoms with Gasteiger partial charge in [-0.3, -0.25) is 4.99 Å². The number of hydrogen-bond donors (Lipinski definition) is 2. The molecule has 102 valence electrons. The van der Waals surface area contributed by atoms with Gasteiger partial charge in [0.05, 0.1) is 6.61 Å². The molecule has 4 nitrogen and oxygen atoms in total. The first kappa shape index (κ1) is 12.3. The average molecular weight is 259 g/mol. The molecule has 0 bridgehead atoms. The molecule has 1 fully saturated rings. The van der Waals surface area contributed by atoms with Gasteiger partial charge in [0.1, 0.15) is 5.75 Å². The van der Waals surface area contributed by atoms with E-state index in [2.05, 4.69) is 37.0 Å². The van der Waals surface area contributed by atoms with E-state index in [-0.39, 0.29) is 11.4 Å². The van der Waals surface area contributed by atoms with E-state index in [1.807, 2.05) is 0 Å². The number of hydrogen-bond acceptors (Lipinski definition) is 2. The Morgan fingerprint density at radius 3 is 2.95 bits per heavy atom. The summed E-state index contributed by atoms with van der Waals surface area (Å²) in [6, 6.07) is 6.38. The van der Waals surface area contributed by atoms with Crippen LogP contribution in [-0.4, -0.2) is 19.1 Å². The molecule has 3 rings (SSSR count). The van der Waals surface area contributed by atoms with Gasteiger partial charge in [-0.25, -0.2) is 0 Å². The standard InChI is InChI=1S/C15H21N3O/c1-15(2)11(8-18-14(16)17)13(15)10-4-3-5-12-9(10)6-7-19-12/h3-5,11,13H,6-8H2,1-2H3,(H4,16,17,18)/t11-,13+/m0/s1. The highest BCUT2D eigenvalue weighted by Crippen LogP contribution is 2.65. The van der Waals surface area contributed by atoms with E-state index in [0.717, 1.165) is 18.8 Å². The van der Waals surface area contributed by atoms with Gasteiger partial charge in [-0.2, -0.15) is 0 Å². The van der Waals surface area contributed by atoms with Crippen LogP contribution < -0.4 is 16.2 Å². The molecule has 0 aromatic heterocycles. The Kier molecular flexibility index (Phi) is 2.69. The van der Waals surface area contributed by atoms with Gasteiger partial charge in [-0.05, 0) is 28.9 Å². The zero-order valence-corrected chi connectivity index (χ0v) is 11.5. The normalized spacial score (nSPS) is 26.4. The summed E-state index contributed by atoms with van der Waals surface area (Å²) in [5, 5.41) is 0. The molecular formula is C15H21N3O. The molecule has 1 aromatic carbocycles. The van der Waals surface area contributed by atoms with Crippen molar-refractivity contribution < 1.29 is 4.74 Å². The van der Waals surface area contributed by atoms with Crippen molar-refractivity contribution in [1.29, 1.82) is 0 Å². The van der Waals surface area contributed by atoms with Crippen LogP contribution >= 0.6 is 0 Å². The van der Waals surface area contributed by atoms with Crippen molar-refractivity contribution in [2.75, 3.05) is 13.2 Å². The van der Waals surface area contributed by atoms with E-state index in [1.54, 1.807) is 0 Å². The first-order chi connectivity index (χ1) is 9.01. The number of rotatable bonds is 3. The summed E-state index contributed by atoms with van der Waals surface area (Å²) in [5.41, 5.74) is 13.9. The highest BCUT2D eigenvalue weighted by molar-refractivity contribution is 5.75. The Bertz CT molecular complexity index is 532. The summed E-state index contributed by atoms with van der Waals surface area (Å²) in [4.78, 5) is 4.19. The molecule has 0 saturated heterocycles. The highest BCUT2D eigenvalue weighted by atomic mass is 16.5. The van der Waals surface area contributed by atoms with E-state index < -0.39 is 0 Å². The smallest absolute Gasteiger partial charge is 0.185 e. The lowest BCUT2D eigenvalue weighted by atomic mass is 9.96. The summed E-state index contributed by atoms with van der Waals surface area (Å²) in [7, 11) is 0. The summed E-state index contributed by atoms with van der Waals surface area (Å²) < 4.78 is 5.65. The number of aliphatic imine (C=N–C) groups is 1. The van der Waals surface area contributed by atoms with Gasteiger partial charge < -0.3 is 16.2 Å². The van der Waals surface area contributed by atoms with Crippen molar-refractivity contribution in [3.63, 3.8) is 0 Å². The Labute approximate surface area is 113 Å². The van der Waals surface area contributed by atoms with Gasteiger partial charge in [-0.1, -0.05) is 26.0 Å². The molecule has 1 heterocycles. The van der Waals surface area contributed by atoms with E-state index >= 15 is 0 Å². The van der Waals surface area contributed by atoms with E-state index in [0.29, 0.717) is 18.4 Å². The number of ether oxygens (including phenoxy) is 1. The molecule has 1 aliphatic heterocycles. The zero-order chi connectivity index (χ0) is 13.6. The second-order valence-corrected chi connectivity index (χ2v) is 6.09. The first-order valence-corrected chi connectivity index (χ1v) is 6.82. The third-order valence-electron chi connectivity index (χ3n) is 4.63. The van der Waals surface area contributed by atoms with Crippen molar-refractivity contribution in [2.24, 2.45) is 27.8 Å². The van der Waals surface area contributed by atoms with Crippen LogP contribution in [0, 0.1) is 11.3 Å². The summed E-state index contributed by atoms with van der Waals surface area (Å²) >= 11 is 0. The quantitative estimate of drug-likeness (QED) is 0.640. The van der Waals surface area contributed by atoms with Gasteiger partial charge in [0.15, 0.2) is 5.96 Å². The highest BCUT2D eigenvalue weighted by Gasteiger charge is 2.58. The average Bonchev–Trinajstić information content (AvgIpc) is 2.74. The van der Waals surface area contributed by atoms with Crippen LogP contribution in [0.1, 0.15) is 30.9 Å². The third kappa shape index (κ3) is 1.95. The van der Waals surface area contributed by atoms with Crippen molar-refractivity contribution in [2.45, 2.75) is 26.2 Å². The van der Waals surface area contributed by atoms with E-state index in [1.165, 1.54) is 11.1 Å². The molecule has 1 aliphatic carbocycles. The number of nitrogens with two attached hydrogens (primary N) is 2. The number of fused-ring (bicyclic) bond motifs is 1. The van der Waals surface area contributed by atoms with Gasteiger partial charge in [-0.15, -0.1) is 0 Å². The predicted octanol–water partition coefficient (Wildman–Crippen LogP) is 1.63. The molecule has 0 spiro atoms. The number of benzene rings is 1. The molecule has 4 heteroatoms. The maximum absolute atomic E-state index is 5.65. The molecule has 2 aliphatic rings. The van der Waals surface area contributed by atoms with Gasteiger partial charge in [0, 0.05) is 18.5 Å². The van der Waals surface area contributed by atoms with Crippen LogP contribution in [0.5, 0.6) is 5.75 Å². The molecule has 19 heavy (non-hydrogen) atoms. The number of guanidine groups is 1. The van der Waals surface area contributed by atoms with Crippen molar-refractivity contribution in [3.8, 4) is 5.75 Å². The van der Waals surface area contributed by atoms with Crippen molar-refractivity contribution in [3.05, 3.63) is 29.3 Å². The molecule has 0 unspecified atom stereocenters. The van der Waals surface area contributed by atoms with Crippen LogP contribution in [0.2, 0.25) is 0 Å². The van der Waals surface area contributed by atoms with E-state index in [4.69, 9.17) is 16.2 Å². The Morgan fingerprint density at radius 1 is 1.42 bits per heavy atom. The fourth-order valence-corrected chi connectivity index (χ4v) is 3.45. The minimum Gasteiger partial charge on any atom is -0.493 e. The molecule has 1 saturated carbocycles. The molecule has 2 atom stereocenters. The van der Waals surface area contributed by atoms with Crippen molar-refractivity contribution in [1.82, 2.24) is 0 Å². The van der Waals surface area contributed by atoms with Crippen LogP contribution in [0.4, 0.5) is 0 Å². The SMILES string of the molecule is CC1(C)[C@H](c2cccc3c2CCO3)[C@@H]1CN=C(N)N. The largest absolute Gasteiger partial charge is 0.493 e.